The Morgan fingerprint density at radius 2 is 1.78 bits per heavy atom. The van der Waals surface area contributed by atoms with Crippen LogP contribution in [-0.2, 0) is 15.6 Å². The van der Waals surface area contributed by atoms with Gasteiger partial charge in [0.1, 0.15) is 5.82 Å². The number of likely N-dealkylation sites (N-methyl/N-ethyl adjacent to an activating group) is 1. The summed E-state index contributed by atoms with van der Waals surface area (Å²) in [4.78, 5) is 2.03. The van der Waals surface area contributed by atoms with Gasteiger partial charge in [0.15, 0.2) is 5.03 Å². The summed E-state index contributed by atoms with van der Waals surface area (Å²) in [6, 6.07) is 9.79. The molecule has 0 atom stereocenters. The van der Waals surface area contributed by atoms with Crippen LogP contribution in [0, 0.1) is 0 Å². The predicted octanol–water partition coefficient (Wildman–Crippen LogP) is 2.08. The smallest absolute Gasteiger partial charge is 0.201 e. The minimum Gasteiger partial charge on any atom is -0.367 e. The fourth-order valence-corrected chi connectivity index (χ4v) is 3.21. The number of rotatable bonds is 7. The van der Waals surface area contributed by atoms with E-state index in [-0.39, 0.29) is 10.8 Å². The lowest BCUT2D eigenvalue weighted by atomic mass is 10.2. The minimum atomic E-state index is -3.53. The third-order valence-corrected chi connectivity index (χ3v) is 4.91. The minimum absolute atomic E-state index is 0.0365. The number of hydrogen-bond acceptors (Lipinski definition) is 6. The Morgan fingerprint density at radius 1 is 1.09 bits per heavy atom. The number of benzene rings is 1. The van der Waals surface area contributed by atoms with Gasteiger partial charge in [0, 0.05) is 18.1 Å². The highest BCUT2D eigenvalue weighted by molar-refractivity contribution is 7.90. The molecule has 1 aromatic heterocycles. The van der Waals surface area contributed by atoms with Crippen LogP contribution in [0.1, 0.15) is 5.56 Å². The first kappa shape index (κ1) is 17.7. The van der Waals surface area contributed by atoms with Crippen molar-refractivity contribution in [1.29, 1.82) is 0 Å². The summed E-state index contributed by atoms with van der Waals surface area (Å²) < 4.78 is 24.7. The molecular weight excluding hydrogens is 336 g/mol. The highest BCUT2D eigenvalue weighted by Gasteiger charge is 2.17. The second kappa shape index (κ2) is 7.72. The van der Waals surface area contributed by atoms with Gasteiger partial charge in [-0.15, -0.1) is 10.2 Å². The quantitative estimate of drug-likeness (QED) is 0.820. The molecule has 1 aromatic carbocycles. The first-order valence-corrected chi connectivity index (χ1v) is 9.09. The molecule has 23 heavy (non-hydrogen) atoms. The number of halogens is 1. The number of aromatic nitrogens is 2. The molecule has 0 aliphatic heterocycles. The first-order valence-electron chi connectivity index (χ1n) is 7.06. The summed E-state index contributed by atoms with van der Waals surface area (Å²) in [5, 5.41) is 11.4. The lowest BCUT2D eigenvalue weighted by molar-refractivity contribution is 0.425. The molecule has 0 bridgehead atoms. The molecule has 1 N–H and O–H groups in total. The second-order valence-corrected chi connectivity index (χ2v) is 7.75. The molecule has 8 heteroatoms. The van der Waals surface area contributed by atoms with Gasteiger partial charge in [-0.1, -0.05) is 23.7 Å². The van der Waals surface area contributed by atoms with Crippen molar-refractivity contribution >= 4 is 27.3 Å². The van der Waals surface area contributed by atoms with Crippen LogP contribution in [0.2, 0.25) is 5.02 Å². The largest absolute Gasteiger partial charge is 0.367 e. The van der Waals surface area contributed by atoms with Crippen LogP contribution in [0.5, 0.6) is 0 Å². The number of nitrogens with zero attached hydrogens (tertiary/aromatic N) is 3. The molecule has 0 saturated carbocycles. The Bertz CT molecular complexity index is 731. The van der Waals surface area contributed by atoms with Crippen LogP contribution in [0.15, 0.2) is 41.4 Å². The average Bonchev–Trinajstić information content (AvgIpc) is 2.50. The van der Waals surface area contributed by atoms with Crippen LogP contribution >= 0.6 is 11.6 Å². The molecule has 0 aliphatic carbocycles. The van der Waals surface area contributed by atoms with E-state index in [0.29, 0.717) is 22.9 Å². The van der Waals surface area contributed by atoms with Crippen molar-refractivity contribution < 1.29 is 8.42 Å². The van der Waals surface area contributed by atoms with Crippen molar-refractivity contribution in [2.24, 2.45) is 0 Å². The van der Waals surface area contributed by atoms with Crippen molar-refractivity contribution in [3.05, 3.63) is 47.0 Å². The van der Waals surface area contributed by atoms with Crippen LogP contribution in [0.4, 0.5) is 5.82 Å². The third kappa shape index (κ3) is 5.46. The molecule has 0 amide bonds. The van der Waals surface area contributed by atoms with Gasteiger partial charge in [-0.2, -0.15) is 0 Å². The molecule has 2 aromatic rings. The third-order valence-electron chi connectivity index (χ3n) is 3.09. The van der Waals surface area contributed by atoms with Gasteiger partial charge in [-0.05, 0) is 43.9 Å². The monoisotopic (exact) mass is 354 g/mol. The van der Waals surface area contributed by atoms with Crippen molar-refractivity contribution in [1.82, 2.24) is 15.1 Å². The number of nitrogens with one attached hydrogen (secondary N) is 1. The zero-order chi connectivity index (χ0) is 16.9. The van der Waals surface area contributed by atoms with Gasteiger partial charge in [-0.25, -0.2) is 8.42 Å². The van der Waals surface area contributed by atoms with Gasteiger partial charge in [0.25, 0.3) is 0 Å². The van der Waals surface area contributed by atoms with Crippen LogP contribution in [0.25, 0.3) is 0 Å². The highest BCUT2D eigenvalue weighted by atomic mass is 35.5. The Balaban J connectivity index is 2.03. The van der Waals surface area contributed by atoms with Crippen LogP contribution in [0.3, 0.4) is 0 Å². The average molecular weight is 355 g/mol. The van der Waals surface area contributed by atoms with E-state index in [1.807, 2.05) is 19.0 Å². The predicted molar refractivity (Wildman–Crippen MR) is 91.4 cm³/mol. The number of hydrogen-bond donors (Lipinski definition) is 1. The Labute approximate surface area is 141 Å². The molecule has 2 rings (SSSR count). The maximum Gasteiger partial charge on any atom is 0.201 e. The topological polar surface area (TPSA) is 75.2 Å². The van der Waals surface area contributed by atoms with Crippen molar-refractivity contribution in [3.8, 4) is 0 Å². The zero-order valence-corrected chi connectivity index (χ0v) is 14.6. The molecule has 0 fully saturated rings. The Morgan fingerprint density at radius 3 is 2.35 bits per heavy atom. The molecule has 0 aliphatic rings. The summed E-state index contributed by atoms with van der Waals surface area (Å²) >= 11 is 5.80. The van der Waals surface area contributed by atoms with Crippen molar-refractivity contribution in [3.63, 3.8) is 0 Å². The fourth-order valence-electron chi connectivity index (χ4n) is 1.86. The van der Waals surface area contributed by atoms with Crippen LogP contribution in [-0.4, -0.2) is 50.7 Å². The van der Waals surface area contributed by atoms with E-state index >= 15 is 0 Å². The lowest BCUT2D eigenvalue weighted by Gasteiger charge is -2.10. The van der Waals surface area contributed by atoms with E-state index in [2.05, 4.69) is 15.5 Å². The summed E-state index contributed by atoms with van der Waals surface area (Å²) in [5.41, 5.74) is 0.657. The van der Waals surface area contributed by atoms with Crippen molar-refractivity contribution in [2.75, 3.05) is 32.5 Å². The summed E-state index contributed by atoms with van der Waals surface area (Å²) in [6.07, 6.45) is 0. The molecule has 0 saturated heterocycles. The second-order valence-electron chi connectivity index (χ2n) is 5.37. The standard InChI is InChI=1S/C15H19ClN4O2S/c1-20(2)10-9-17-14-7-8-15(19-18-14)23(21,22)11-12-3-5-13(16)6-4-12/h3-8H,9-11H2,1-2H3,(H,17,18). The van der Waals surface area contributed by atoms with Crippen LogP contribution < -0.4 is 5.32 Å². The molecule has 0 spiro atoms. The van der Waals surface area contributed by atoms with Gasteiger partial charge < -0.3 is 10.2 Å². The highest BCUT2D eigenvalue weighted by Crippen LogP contribution is 2.17. The van der Waals surface area contributed by atoms with E-state index in [0.717, 1.165) is 6.54 Å². The van der Waals surface area contributed by atoms with Gasteiger partial charge in [0.2, 0.25) is 9.84 Å². The summed E-state index contributed by atoms with van der Waals surface area (Å²) in [5.74, 6) is 0.420. The molecule has 0 radical (unpaired) electrons. The van der Waals surface area contributed by atoms with E-state index in [9.17, 15) is 8.42 Å². The van der Waals surface area contributed by atoms with Gasteiger partial charge >= 0.3 is 0 Å². The Kier molecular flexibility index (Phi) is 5.92. The lowest BCUT2D eigenvalue weighted by Crippen LogP contribution is -2.21. The molecule has 0 unspecified atom stereocenters. The number of sulfone groups is 1. The summed E-state index contributed by atoms with van der Waals surface area (Å²) in [6.45, 7) is 1.55. The molecular formula is C15H19ClN4O2S. The van der Waals surface area contributed by atoms with E-state index < -0.39 is 9.84 Å². The zero-order valence-electron chi connectivity index (χ0n) is 13.0. The van der Waals surface area contributed by atoms with E-state index in [1.165, 1.54) is 6.07 Å². The normalized spacial score (nSPS) is 11.7. The van der Waals surface area contributed by atoms with Gasteiger partial charge in [0.05, 0.1) is 5.75 Å². The fraction of sp³-hybridized carbons (Fsp3) is 0.333. The first-order chi connectivity index (χ1) is 10.9. The maximum absolute atomic E-state index is 12.3. The summed E-state index contributed by atoms with van der Waals surface area (Å²) in [7, 11) is 0.414. The van der Waals surface area contributed by atoms with Gasteiger partial charge in [-0.3, -0.25) is 0 Å². The number of anilines is 1. The Hall–Kier alpha value is -1.70. The van der Waals surface area contributed by atoms with E-state index in [1.54, 1.807) is 30.3 Å². The van der Waals surface area contributed by atoms with E-state index in [4.69, 9.17) is 11.6 Å². The maximum atomic E-state index is 12.3. The molecule has 124 valence electrons. The SMILES string of the molecule is CN(C)CCNc1ccc(S(=O)(=O)Cc2ccc(Cl)cc2)nn1. The molecule has 6 nitrogen and oxygen atoms in total. The van der Waals surface area contributed by atoms with Crippen molar-refractivity contribution in [2.45, 2.75) is 10.8 Å². The molecule has 1 heterocycles.